The fourth-order valence-electron chi connectivity index (χ4n) is 2.28. The molecule has 0 saturated carbocycles. The van der Waals surface area contributed by atoms with Gasteiger partial charge >= 0.3 is 0 Å². The fourth-order valence-corrected chi connectivity index (χ4v) is 2.98. The highest BCUT2D eigenvalue weighted by Crippen LogP contribution is 2.16. The van der Waals surface area contributed by atoms with Gasteiger partial charge in [-0.3, -0.25) is 4.79 Å². The molecule has 1 aromatic carbocycles. The summed E-state index contributed by atoms with van der Waals surface area (Å²) < 4.78 is 5.72. The van der Waals surface area contributed by atoms with E-state index in [2.05, 4.69) is 10.3 Å². The molecular weight excluding hydrogens is 334 g/mol. The second kappa shape index (κ2) is 8.97. The number of aryl methyl sites for hydroxylation is 1. The van der Waals surface area contributed by atoms with Crippen molar-refractivity contribution in [2.75, 3.05) is 6.54 Å². The molecule has 0 spiro atoms. The summed E-state index contributed by atoms with van der Waals surface area (Å²) in [5, 5.41) is 5.68. The number of nitrogens with zero attached hydrogens (tertiary/aromatic N) is 1. The van der Waals surface area contributed by atoms with Crippen molar-refractivity contribution in [2.45, 2.75) is 52.2 Å². The van der Waals surface area contributed by atoms with E-state index in [1.54, 1.807) is 0 Å². The first-order valence-corrected chi connectivity index (χ1v) is 9.50. The molecule has 2 aromatic rings. The summed E-state index contributed by atoms with van der Waals surface area (Å²) >= 11 is 1.51. The van der Waals surface area contributed by atoms with Crippen LogP contribution in [0.15, 0.2) is 29.6 Å². The normalized spacial score (nSPS) is 11.4. The maximum absolute atomic E-state index is 12.1. The van der Waals surface area contributed by atoms with Gasteiger partial charge in [0.15, 0.2) is 0 Å². The number of hydrogen-bond donors (Lipinski definition) is 2. The Morgan fingerprint density at radius 2 is 1.96 bits per heavy atom. The number of rotatable bonds is 9. The molecule has 0 atom stereocenters. The van der Waals surface area contributed by atoms with Gasteiger partial charge in [0.1, 0.15) is 17.4 Å². The van der Waals surface area contributed by atoms with Crippen molar-refractivity contribution >= 4 is 17.2 Å². The number of nitrogens with two attached hydrogens (primary N) is 1. The lowest BCUT2D eigenvalue weighted by atomic mass is 9.94. The molecule has 25 heavy (non-hydrogen) atoms. The van der Waals surface area contributed by atoms with Crippen LogP contribution < -0.4 is 15.8 Å². The van der Waals surface area contributed by atoms with Crippen molar-refractivity contribution in [1.82, 2.24) is 10.3 Å². The summed E-state index contributed by atoms with van der Waals surface area (Å²) in [6.45, 7) is 7.02. The highest BCUT2D eigenvalue weighted by Gasteiger charge is 2.21. The highest BCUT2D eigenvalue weighted by atomic mass is 32.1. The predicted octanol–water partition coefficient (Wildman–Crippen LogP) is 3.21. The number of benzene rings is 1. The number of amides is 1. The zero-order valence-electron chi connectivity index (χ0n) is 15.2. The number of ether oxygens (including phenoxy) is 1. The van der Waals surface area contributed by atoms with Crippen LogP contribution in [-0.4, -0.2) is 23.0 Å². The Morgan fingerprint density at radius 3 is 2.60 bits per heavy atom. The van der Waals surface area contributed by atoms with Crippen LogP contribution >= 0.6 is 11.3 Å². The lowest BCUT2D eigenvalue weighted by molar-refractivity contribution is -0.120. The summed E-state index contributed by atoms with van der Waals surface area (Å²) in [7, 11) is 0. The van der Waals surface area contributed by atoms with Crippen molar-refractivity contribution in [2.24, 2.45) is 5.73 Å². The van der Waals surface area contributed by atoms with Gasteiger partial charge in [0, 0.05) is 17.5 Å². The summed E-state index contributed by atoms with van der Waals surface area (Å²) in [6, 6.07) is 7.91. The van der Waals surface area contributed by atoms with Crippen LogP contribution in [-0.2, 0) is 17.8 Å². The quantitative estimate of drug-likeness (QED) is 0.719. The van der Waals surface area contributed by atoms with E-state index in [-0.39, 0.29) is 17.9 Å². The summed E-state index contributed by atoms with van der Waals surface area (Å²) in [5.41, 5.74) is 7.83. The second-order valence-electron chi connectivity index (χ2n) is 6.36. The lowest BCUT2D eigenvalue weighted by Gasteiger charge is -2.26. The number of thiazole rings is 1. The smallest absolute Gasteiger partial charge is 0.226 e. The van der Waals surface area contributed by atoms with E-state index in [0.717, 1.165) is 29.3 Å². The Balaban J connectivity index is 1.80. The number of carbonyl (C=O) groups excluding carboxylic acids is 1. The number of hydrogen-bond acceptors (Lipinski definition) is 5. The van der Waals surface area contributed by atoms with Gasteiger partial charge in [0.05, 0.1) is 12.1 Å². The van der Waals surface area contributed by atoms with Crippen LogP contribution in [0.1, 0.15) is 43.0 Å². The first-order chi connectivity index (χ1) is 11.9. The Labute approximate surface area is 153 Å². The number of carbonyl (C=O) groups is 1. The molecule has 0 radical (unpaired) electrons. The molecule has 0 saturated heterocycles. The van der Waals surface area contributed by atoms with Gasteiger partial charge in [-0.25, -0.2) is 4.98 Å². The molecule has 0 unspecified atom stereocenters. The zero-order valence-corrected chi connectivity index (χ0v) is 16.0. The molecule has 0 fully saturated rings. The Bertz CT molecular complexity index is 678. The third-order valence-corrected chi connectivity index (χ3v) is 5.24. The van der Waals surface area contributed by atoms with Crippen molar-refractivity contribution in [1.29, 1.82) is 0 Å². The minimum Gasteiger partial charge on any atom is -0.486 e. The van der Waals surface area contributed by atoms with E-state index in [9.17, 15) is 4.79 Å². The summed E-state index contributed by atoms with van der Waals surface area (Å²) in [6.07, 6.45) is 1.94. The standard InChI is InChI=1S/C19H27N3O2S/c1-4-19(20,5-2)13-21-17(23)10-15-12-25-18(22-15)11-24-16-8-6-14(3)7-9-16/h6-9,12H,4-5,10-11,13,20H2,1-3H3,(H,21,23). The van der Waals surface area contributed by atoms with Crippen LogP contribution in [0.4, 0.5) is 0 Å². The van der Waals surface area contributed by atoms with E-state index in [0.29, 0.717) is 13.2 Å². The predicted molar refractivity (Wildman–Crippen MR) is 102 cm³/mol. The molecule has 0 aliphatic carbocycles. The van der Waals surface area contributed by atoms with Crippen molar-refractivity contribution in [3.8, 4) is 5.75 Å². The van der Waals surface area contributed by atoms with Crippen LogP contribution in [0.5, 0.6) is 5.75 Å². The van der Waals surface area contributed by atoms with Crippen LogP contribution in [0.3, 0.4) is 0 Å². The van der Waals surface area contributed by atoms with E-state index in [4.69, 9.17) is 10.5 Å². The van der Waals surface area contributed by atoms with Gasteiger partial charge in [-0.05, 0) is 31.9 Å². The Morgan fingerprint density at radius 1 is 1.28 bits per heavy atom. The topological polar surface area (TPSA) is 77.2 Å². The van der Waals surface area contributed by atoms with E-state index in [1.807, 2.05) is 50.4 Å². The molecule has 5 nitrogen and oxygen atoms in total. The third kappa shape index (κ3) is 6.14. The zero-order chi connectivity index (χ0) is 18.3. The van der Waals surface area contributed by atoms with Gasteiger partial charge in [-0.15, -0.1) is 11.3 Å². The van der Waals surface area contributed by atoms with Crippen LogP contribution in [0.25, 0.3) is 0 Å². The van der Waals surface area contributed by atoms with Gasteiger partial charge in [-0.1, -0.05) is 31.5 Å². The first kappa shape index (κ1) is 19.4. The molecule has 0 aliphatic heterocycles. The molecule has 6 heteroatoms. The van der Waals surface area contributed by atoms with Gasteiger partial charge < -0.3 is 15.8 Å². The summed E-state index contributed by atoms with van der Waals surface area (Å²) in [4.78, 5) is 16.5. The molecule has 1 aromatic heterocycles. The van der Waals surface area contributed by atoms with Crippen molar-refractivity contribution in [3.05, 3.63) is 45.9 Å². The maximum Gasteiger partial charge on any atom is 0.226 e. The molecule has 0 aliphatic rings. The second-order valence-corrected chi connectivity index (χ2v) is 7.30. The molecule has 136 valence electrons. The molecule has 1 amide bonds. The first-order valence-electron chi connectivity index (χ1n) is 8.62. The van der Waals surface area contributed by atoms with Crippen molar-refractivity contribution < 1.29 is 9.53 Å². The highest BCUT2D eigenvalue weighted by molar-refractivity contribution is 7.09. The van der Waals surface area contributed by atoms with Crippen LogP contribution in [0.2, 0.25) is 0 Å². The van der Waals surface area contributed by atoms with Gasteiger partial charge in [-0.2, -0.15) is 0 Å². The third-order valence-electron chi connectivity index (χ3n) is 4.37. The number of aromatic nitrogens is 1. The average Bonchev–Trinajstić information content (AvgIpc) is 3.06. The van der Waals surface area contributed by atoms with E-state index < -0.39 is 0 Å². The van der Waals surface area contributed by atoms with Crippen molar-refractivity contribution in [3.63, 3.8) is 0 Å². The molecule has 0 bridgehead atoms. The summed E-state index contributed by atoms with van der Waals surface area (Å²) in [5.74, 6) is 0.770. The number of nitrogens with one attached hydrogen (secondary N) is 1. The maximum atomic E-state index is 12.1. The lowest BCUT2D eigenvalue weighted by Crippen LogP contribution is -2.49. The monoisotopic (exact) mass is 361 g/mol. The van der Waals surface area contributed by atoms with E-state index in [1.165, 1.54) is 16.9 Å². The fraction of sp³-hybridized carbons (Fsp3) is 0.474. The molecular formula is C19H27N3O2S. The Kier molecular flexibility index (Phi) is 6.96. The van der Waals surface area contributed by atoms with E-state index >= 15 is 0 Å². The van der Waals surface area contributed by atoms with Gasteiger partial charge in [0.2, 0.25) is 5.91 Å². The van der Waals surface area contributed by atoms with Crippen LogP contribution in [0, 0.1) is 6.92 Å². The molecule has 3 N–H and O–H groups in total. The Hall–Kier alpha value is -1.92. The van der Waals surface area contributed by atoms with Gasteiger partial charge in [0.25, 0.3) is 0 Å². The minimum absolute atomic E-state index is 0.0481. The average molecular weight is 362 g/mol. The molecule has 2 rings (SSSR count). The minimum atomic E-state index is -0.329. The SMILES string of the molecule is CCC(N)(CC)CNC(=O)Cc1csc(COc2ccc(C)cc2)n1. The largest absolute Gasteiger partial charge is 0.486 e. The molecule has 1 heterocycles.